The minimum Gasteiger partial charge on any atom is -0.358 e. The third-order valence-corrected chi connectivity index (χ3v) is 2.94. The summed E-state index contributed by atoms with van der Waals surface area (Å²) in [7, 11) is 3.74. The Hall–Kier alpha value is -2.35. The van der Waals surface area contributed by atoms with E-state index >= 15 is 0 Å². The molecule has 0 fully saturated rings. The maximum Gasteiger partial charge on any atom is 0.224 e. The molecule has 98 valence electrons. The first-order valence-corrected chi connectivity index (χ1v) is 6.21. The van der Waals surface area contributed by atoms with Crippen LogP contribution in [-0.2, 0) is 0 Å². The Morgan fingerprint density at radius 2 is 2.11 bits per heavy atom. The van der Waals surface area contributed by atoms with E-state index in [0.717, 1.165) is 16.7 Å². The van der Waals surface area contributed by atoms with Gasteiger partial charge in [-0.2, -0.15) is 10.2 Å². The van der Waals surface area contributed by atoms with Crippen LogP contribution in [0.4, 0.5) is 11.8 Å². The van der Waals surface area contributed by atoms with Gasteiger partial charge in [0.2, 0.25) is 5.95 Å². The molecule has 1 unspecified atom stereocenters. The van der Waals surface area contributed by atoms with Gasteiger partial charge >= 0.3 is 0 Å². The number of nitrogens with zero attached hydrogens (tertiary/aromatic N) is 4. The quantitative estimate of drug-likeness (QED) is 0.907. The summed E-state index contributed by atoms with van der Waals surface area (Å²) in [4.78, 5) is 10.9. The van der Waals surface area contributed by atoms with E-state index in [-0.39, 0.29) is 5.92 Å². The van der Waals surface area contributed by atoms with Gasteiger partial charge in [-0.3, -0.25) is 0 Å². The van der Waals surface area contributed by atoms with Crippen LogP contribution in [0.25, 0.3) is 10.9 Å². The summed E-state index contributed by atoms with van der Waals surface area (Å²) < 4.78 is 0. The molecule has 0 bridgehead atoms. The van der Waals surface area contributed by atoms with Gasteiger partial charge < -0.3 is 10.2 Å². The maximum absolute atomic E-state index is 8.92. The SMILES string of the molecule is CNc1nc(N(C)CC(C)C#N)c2ccccc2n1. The summed E-state index contributed by atoms with van der Waals surface area (Å²) in [5, 5.41) is 12.9. The van der Waals surface area contributed by atoms with E-state index in [2.05, 4.69) is 21.4 Å². The van der Waals surface area contributed by atoms with Gasteiger partial charge in [0, 0.05) is 26.0 Å². The summed E-state index contributed by atoms with van der Waals surface area (Å²) in [6, 6.07) is 10.1. The number of hydrogen-bond acceptors (Lipinski definition) is 5. The van der Waals surface area contributed by atoms with E-state index in [9.17, 15) is 0 Å². The Labute approximate surface area is 112 Å². The summed E-state index contributed by atoms with van der Waals surface area (Å²) in [6.07, 6.45) is 0. The Morgan fingerprint density at radius 3 is 2.79 bits per heavy atom. The van der Waals surface area contributed by atoms with Gasteiger partial charge in [0.1, 0.15) is 5.82 Å². The lowest BCUT2D eigenvalue weighted by atomic mass is 10.2. The molecule has 5 nitrogen and oxygen atoms in total. The second-order valence-electron chi connectivity index (χ2n) is 4.55. The molecule has 2 aromatic rings. The summed E-state index contributed by atoms with van der Waals surface area (Å²) >= 11 is 0. The molecule has 1 aromatic heterocycles. The van der Waals surface area contributed by atoms with E-state index in [4.69, 9.17) is 5.26 Å². The van der Waals surface area contributed by atoms with Crippen LogP contribution in [-0.4, -0.2) is 30.6 Å². The van der Waals surface area contributed by atoms with Crippen molar-refractivity contribution >= 4 is 22.7 Å². The van der Waals surface area contributed by atoms with Crippen molar-refractivity contribution in [3.63, 3.8) is 0 Å². The molecule has 2 rings (SSSR count). The van der Waals surface area contributed by atoms with Gasteiger partial charge in [-0.1, -0.05) is 12.1 Å². The van der Waals surface area contributed by atoms with E-state index in [1.54, 1.807) is 7.05 Å². The van der Waals surface area contributed by atoms with Crippen LogP contribution < -0.4 is 10.2 Å². The minimum absolute atomic E-state index is 0.0447. The molecule has 1 N–H and O–H groups in total. The number of para-hydroxylation sites is 1. The number of hydrogen-bond donors (Lipinski definition) is 1. The smallest absolute Gasteiger partial charge is 0.224 e. The normalized spacial score (nSPS) is 11.9. The highest BCUT2D eigenvalue weighted by atomic mass is 15.2. The second-order valence-corrected chi connectivity index (χ2v) is 4.55. The molecule has 1 atom stereocenters. The van der Waals surface area contributed by atoms with Crippen molar-refractivity contribution in [1.82, 2.24) is 9.97 Å². The summed E-state index contributed by atoms with van der Waals surface area (Å²) in [6.45, 7) is 2.54. The molecule has 0 aliphatic rings. The Bertz CT molecular complexity index is 617. The zero-order chi connectivity index (χ0) is 13.8. The monoisotopic (exact) mass is 255 g/mol. The highest BCUT2D eigenvalue weighted by molar-refractivity contribution is 5.90. The van der Waals surface area contributed by atoms with Crippen molar-refractivity contribution in [2.45, 2.75) is 6.92 Å². The van der Waals surface area contributed by atoms with E-state index in [1.165, 1.54) is 0 Å². The molecule has 0 saturated heterocycles. The average molecular weight is 255 g/mol. The van der Waals surface area contributed by atoms with Gasteiger partial charge in [-0.25, -0.2) is 4.98 Å². The third-order valence-electron chi connectivity index (χ3n) is 2.94. The van der Waals surface area contributed by atoms with Crippen molar-refractivity contribution in [3.05, 3.63) is 24.3 Å². The number of benzene rings is 1. The van der Waals surface area contributed by atoms with Gasteiger partial charge in [-0.05, 0) is 19.1 Å². The maximum atomic E-state index is 8.92. The highest BCUT2D eigenvalue weighted by Crippen LogP contribution is 2.24. The lowest BCUT2D eigenvalue weighted by molar-refractivity contribution is 0.712. The predicted molar refractivity (Wildman–Crippen MR) is 77.1 cm³/mol. The molecule has 0 amide bonds. The molecule has 1 aromatic carbocycles. The molecule has 0 aliphatic carbocycles. The number of anilines is 2. The van der Waals surface area contributed by atoms with Crippen LogP contribution in [0.2, 0.25) is 0 Å². The molecular formula is C14H17N5. The molecule has 19 heavy (non-hydrogen) atoms. The summed E-state index contributed by atoms with van der Waals surface area (Å²) in [5.41, 5.74) is 0.897. The van der Waals surface area contributed by atoms with Gasteiger partial charge in [0.05, 0.1) is 17.5 Å². The number of nitriles is 1. The molecule has 0 spiro atoms. The second kappa shape index (κ2) is 5.53. The van der Waals surface area contributed by atoms with Crippen LogP contribution >= 0.6 is 0 Å². The molecule has 0 saturated carbocycles. The standard InChI is InChI=1S/C14H17N5/c1-10(8-15)9-19(3)13-11-6-4-5-7-12(11)17-14(16-2)18-13/h4-7,10H,9H2,1-3H3,(H,16,17,18). The first-order chi connectivity index (χ1) is 9.15. The van der Waals surface area contributed by atoms with Gasteiger partial charge in [0.15, 0.2) is 0 Å². The molecule has 5 heteroatoms. The fourth-order valence-corrected chi connectivity index (χ4v) is 2.00. The van der Waals surface area contributed by atoms with Crippen LogP contribution in [0.1, 0.15) is 6.92 Å². The number of nitrogens with one attached hydrogen (secondary N) is 1. The summed E-state index contributed by atoms with van der Waals surface area (Å²) in [5.74, 6) is 1.39. The van der Waals surface area contributed by atoms with Crippen LogP contribution in [0.15, 0.2) is 24.3 Å². The lowest BCUT2D eigenvalue weighted by Gasteiger charge is -2.21. The van der Waals surface area contributed by atoms with Crippen LogP contribution in [0, 0.1) is 17.2 Å². The van der Waals surface area contributed by atoms with Crippen LogP contribution in [0.3, 0.4) is 0 Å². The van der Waals surface area contributed by atoms with Crippen molar-refractivity contribution in [2.24, 2.45) is 5.92 Å². The molecule has 0 radical (unpaired) electrons. The Balaban J connectivity index is 2.48. The largest absolute Gasteiger partial charge is 0.358 e. The zero-order valence-corrected chi connectivity index (χ0v) is 11.4. The predicted octanol–water partition coefficient (Wildman–Crippen LogP) is 2.27. The van der Waals surface area contributed by atoms with Crippen molar-refractivity contribution in [3.8, 4) is 6.07 Å². The minimum atomic E-state index is -0.0447. The third kappa shape index (κ3) is 2.74. The Morgan fingerprint density at radius 1 is 1.37 bits per heavy atom. The van der Waals surface area contributed by atoms with Crippen molar-refractivity contribution < 1.29 is 0 Å². The molecular weight excluding hydrogens is 238 g/mol. The zero-order valence-electron chi connectivity index (χ0n) is 11.4. The fraction of sp³-hybridized carbons (Fsp3) is 0.357. The number of rotatable bonds is 4. The average Bonchev–Trinajstić information content (AvgIpc) is 2.45. The lowest BCUT2D eigenvalue weighted by Crippen LogP contribution is -2.24. The fourth-order valence-electron chi connectivity index (χ4n) is 2.00. The number of fused-ring (bicyclic) bond motifs is 1. The van der Waals surface area contributed by atoms with E-state index < -0.39 is 0 Å². The van der Waals surface area contributed by atoms with Crippen LogP contribution in [0.5, 0.6) is 0 Å². The van der Waals surface area contributed by atoms with Crippen molar-refractivity contribution in [2.75, 3.05) is 30.9 Å². The van der Waals surface area contributed by atoms with E-state index in [1.807, 2.05) is 43.1 Å². The first-order valence-electron chi connectivity index (χ1n) is 6.21. The number of aromatic nitrogens is 2. The first kappa shape index (κ1) is 13.1. The van der Waals surface area contributed by atoms with Gasteiger partial charge in [0.25, 0.3) is 0 Å². The van der Waals surface area contributed by atoms with E-state index in [0.29, 0.717) is 12.5 Å². The molecule has 1 heterocycles. The highest BCUT2D eigenvalue weighted by Gasteiger charge is 2.13. The van der Waals surface area contributed by atoms with Gasteiger partial charge in [-0.15, -0.1) is 0 Å². The topological polar surface area (TPSA) is 64.8 Å². The van der Waals surface area contributed by atoms with Crippen molar-refractivity contribution in [1.29, 1.82) is 5.26 Å². The molecule has 0 aliphatic heterocycles. The Kier molecular flexibility index (Phi) is 3.81.